The fraction of sp³-hybridized carbons (Fsp3) is 1.00. The van der Waals surface area contributed by atoms with Gasteiger partial charge in [-0.3, -0.25) is 0 Å². The molecule has 0 aromatic heterocycles. The van der Waals surface area contributed by atoms with Gasteiger partial charge < -0.3 is 0 Å². The van der Waals surface area contributed by atoms with Gasteiger partial charge in [-0.1, -0.05) is 39.5 Å². The quantitative estimate of drug-likeness (QED) is 0.555. The highest BCUT2D eigenvalue weighted by molar-refractivity contribution is 4.87. The van der Waals surface area contributed by atoms with Crippen LogP contribution in [0.1, 0.15) is 52.4 Å². The van der Waals surface area contributed by atoms with Crippen LogP contribution in [0.3, 0.4) is 0 Å². The van der Waals surface area contributed by atoms with Crippen LogP contribution in [0.15, 0.2) is 0 Å². The molecule has 0 aromatic carbocycles. The maximum Gasteiger partial charge on any atom is -0.0355 e. The van der Waals surface area contributed by atoms with Gasteiger partial charge in [-0.05, 0) is 36.5 Å². The van der Waals surface area contributed by atoms with E-state index in [1.165, 1.54) is 19.3 Å². The maximum atomic E-state index is 2.42. The predicted molar refractivity (Wildman–Crippen MR) is 53.0 cm³/mol. The summed E-state index contributed by atoms with van der Waals surface area (Å²) in [6, 6.07) is 0. The van der Waals surface area contributed by atoms with Crippen molar-refractivity contribution in [3.05, 3.63) is 0 Å². The molecule has 2 aliphatic rings. The Morgan fingerprint density at radius 2 is 1.58 bits per heavy atom. The second kappa shape index (κ2) is 3.40. The molecule has 2 aliphatic carbocycles. The molecular weight excluding hydrogens is 144 g/mol. The molecule has 2 fully saturated rings. The van der Waals surface area contributed by atoms with Crippen molar-refractivity contribution in [2.24, 2.45) is 23.7 Å². The third-order valence-corrected chi connectivity index (χ3v) is 4.24. The number of hydrogen-bond acceptors (Lipinski definition) is 0. The largest absolute Gasteiger partial charge is 0.0625 e. The molecule has 0 N–H and O–H groups in total. The van der Waals surface area contributed by atoms with E-state index in [2.05, 4.69) is 13.8 Å². The van der Waals surface area contributed by atoms with Gasteiger partial charge in [0.25, 0.3) is 0 Å². The summed E-state index contributed by atoms with van der Waals surface area (Å²) in [7, 11) is 0. The maximum absolute atomic E-state index is 2.42. The van der Waals surface area contributed by atoms with Gasteiger partial charge in [0.05, 0.1) is 0 Å². The van der Waals surface area contributed by atoms with Gasteiger partial charge in [-0.2, -0.15) is 0 Å². The van der Waals surface area contributed by atoms with Crippen LogP contribution >= 0.6 is 0 Å². The minimum Gasteiger partial charge on any atom is -0.0625 e. The fourth-order valence-corrected chi connectivity index (χ4v) is 3.65. The van der Waals surface area contributed by atoms with Crippen LogP contribution in [-0.2, 0) is 0 Å². The highest BCUT2D eigenvalue weighted by Gasteiger charge is 2.37. The molecule has 0 radical (unpaired) electrons. The summed E-state index contributed by atoms with van der Waals surface area (Å²) in [6.07, 6.45) is 9.22. The molecule has 0 aromatic rings. The Hall–Kier alpha value is 0. The zero-order valence-corrected chi connectivity index (χ0v) is 8.55. The summed E-state index contributed by atoms with van der Waals surface area (Å²) in [5.74, 6) is 4.27. The molecule has 2 saturated carbocycles. The van der Waals surface area contributed by atoms with Crippen molar-refractivity contribution in [3.8, 4) is 0 Å². The summed E-state index contributed by atoms with van der Waals surface area (Å²) in [4.78, 5) is 0. The highest BCUT2D eigenvalue weighted by atomic mass is 14.4. The molecular formula is C12H22. The molecule has 70 valence electrons. The van der Waals surface area contributed by atoms with Crippen LogP contribution in [-0.4, -0.2) is 0 Å². The van der Waals surface area contributed by atoms with Gasteiger partial charge in [0.2, 0.25) is 0 Å². The van der Waals surface area contributed by atoms with Gasteiger partial charge in [-0.15, -0.1) is 0 Å². The monoisotopic (exact) mass is 166 g/mol. The minimum atomic E-state index is 0.941. The van der Waals surface area contributed by atoms with E-state index in [1.807, 2.05) is 0 Å². The number of fused-ring (bicyclic) bond motifs is 1. The topological polar surface area (TPSA) is 0 Å². The molecule has 0 bridgehead atoms. The Morgan fingerprint density at radius 3 is 2.25 bits per heavy atom. The molecule has 2 rings (SSSR count). The summed E-state index contributed by atoms with van der Waals surface area (Å²) >= 11 is 0. The number of rotatable bonds is 1. The summed E-state index contributed by atoms with van der Waals surface area (Å²) in [5, 5.41) is 0. The summed E-state index contributed by atoms with van der Waals surface area (Å²) < 4.78 is 0. The Kier molecular flexibility index (Phi) is 2.43. The van der Waals surface area contributed by atoms with Gasteiger partial charge >= 0.3 is 0 Å². The van der Waals surface area contributed by atoms with Crippen LogP contribution in [0.4, 0.5) is 0 Å². The molecule has 0 aliphatic heterocycles. The van der Waals surface area contributed by atoms with Gasteiger partial charge in [0.15, 0.2) is 0 Å². The Bertz CT molecular complexity index is 148. The smallest absolute Gasteiger partial charge is 0.0355 e. The number of hydrogen-bond donors (Lipinski definition) is 0. The molecule has 12 heavy (non-hydrogen) atoms. The van der Waals surface area contributed by atoms with Crippen molar-refractivity contribution in [2.45, 2.75) is 52.4 Å². The van der Waals surface area contributed by atoms with Crippen molar-refractivity contribution in [1.82, 2.24) is 0 Å². The van der Waals surface area contributed by atoms with Crippen LogP contribution in [0.5, 0.6) is 0 Å². The minimum absolute atomic E-state index is 0.941. The van der Waals surface area contributed by atoms with E-state index in [1.54, 1.807) is 19.3 Å². The van der Waals surface area contributed by atoms with E-state index in [-0.39, 0.29) is 0 Å². The van der Waals surface area contributed by atoms with E-state index < -0.39 is 0 Å². The van der Waals surface area contributed by atoms with E-state index in [0.29, 0.717) is 0 Å². The van der Waals surface area contributed by atoms with E-state index in [0.717, 1.165) is 23.7 Å². The second-order valence-corrected chi connectivity index (χ2v) is 5.19. The van der Waals surface area contributed by atoms with Crippen molar-refractivity contribution >= 4 is 0 Å². The predicted octanol–water partition coefficient (Wildman–Crippen LogP) is 3.86. The Balaban J connectivity index is 2.03. The average molecular weight is 166 g/mol. The average Bonchev–Trinajstić information content (AvgIpc) is 2.49. The molecule has 0 saturated heterocycles. The summed E-state index contributed by atoms with van der Waals surface area (Å²) in [6.45, 7) is 4.84. The van der Waals surface area contributed by atoms with Crippen LogP contribution in [0.2, 0.25) is 0 Å². The SMILES string of the molecule is CC(C)C1CCCC2CCCC21. The lowest BCUT2D eigenvalue weighted by Gasteiger charge is -2.36. The molecule has 0 amide bonds. The molecule has 3 atom stereocenters. The van der Waals surface area contributed by atoms with Crippen molar-refractivity contribution < 1.29 is 0 Å². The molecule has 3 unspecified atom stereocenters. The standard InChI is InChI=1S/C12H22/c1-9(2)11-7-3-5-10-6-4-8-12(10)11/h9-12H,3-8H2,1-2H3. The third-order valence-electron chi connectivity index (χ3n) is 4.24. The molecule has 0 nitrogen and oxygen atoms in total. The van der Waals surface area contributed by atoms with Crippen LogP contribution in [0.25, 0.3) is 0 Å². The van der Waals surface area contributed by atoms with E-state index in [4.69, 9.17) is 0 Å². The molecule has 0 heteroatoms. The zero-order valence-electron chi connectivity index (χ0n) is 8.55. The van der Waals surface area contributed by atoms with Crippen molar-refractivity contribution in [2.75, 3.05) is 0 Å². The van der Waals surface area contributed by atoms with E-state index in [9.17, 15) is 0 Å². The first-order chi connectivity index (χ1) is 5.79. The molecule has 0 heterocycles. The van der Waals surface area contributed by atoms with Gasteiger partial charge in [0, 0.05) is 0 Å². The van der Waals surface area contributed by atoms with E-state index >= 15 is 0 Å². The van der Waals surface area contributed by atoms with Crippen molar-refractivity contribution in [3.63, 3.8) is 0 Å². The molecule has 0 spiro atoms. The second-order valence-electron chi connectivity index (χ2n) is 5.19. The van der Waals surface area contributed by atoms with Gasteiger partial charge in [-0.25, -0.2) is 0 Å². The lowest BCUT2D eigenvalue weighted by molar-refractivity contribution is 0.138. The van der Waals surface area contributed by atoms with Crippen LogP contribution in [0, 0.1) is 23.7 Å². The first kappa shape index (κ1) is 8.59. The summed E-state index contributed by atoms with van der Waals surface area (Å²) in [5.41, 5.74) is 0. The first-order valence-corrected chi connectivity index (χ1v) is 5.79. The normalized spacial score (nSPS) is 41.8. The lowest BCUT2D eigenvalue weighted by Crippen LogP contribution is -2.27. The lowest BCUT2D eigenvalue weighted by atomic mass is 9.69. The first-order valence-electron chi connectivity index (χ1n) is 5.79. The zero-order chi connectivity index (χ0) is 8.55. The van der Waals surface area contributed by atoms with Crippen LogP contribution < -0.4 is 0 Å². The fourth-order valence-electron chi connectivity index (χ4n) is 3.65. The Labute approximate surface area is 76.7 Å². The Morgan fingerprint density at radius 1 is 0.917 bits per heavy atom. The third kappa shape index (κ3) is 1.41. The van der Waals surface area contributed by atoms with Crippen molar-refractivity contribution in [1.29, 1.82) is 0 Å². The van der Waals surface area contributed by atoms with Gasteiger partial charge in [0.1, 0.15) is 0 Å². The highest BCUT2D eigenvalue weighted by Crippen LogP contribution is 2.47.